The van der Waals surface area contributed by atoms with Crippen molar-refractivity contribution < 1.29 is 9.47 Å². The van der Waals surface area contributed by atoms with Gasteiger partial charge < -0.3 is 14.4 Å². The Hall–Kier alpha value is -1.38. The SMILES string of the molecule is COc1[c]cc(N(C)C)cc1OC. The van der Waals surface area contributed by atoms with E-state index in [2.05, 4.69) is 6.07 Å². The lowest BCUT2D eigenvalue weighted by molar-refractivity contribution is 0.354. The maximum atomic E-state index is 5.14. The number of benzene rings is 1. The summed E-state index contributed by atoms with van der Waals surface area (Å²) in [5, 5.41) is 0. The standard InChI is InChI=1S/C10H14NO2/c1-11(2)8-5-6-9(12-3)10(7-8)13-4/h5,7H,1-4H3. The van der Waals surface area contributed by atoms with Gasteiger partial charge in [-0.25, -0.2) is 0 Å². The molecule has 0 heterocycles. The van der Waals surface area contributed by atoms with Crippen LogP contribution in [-0.4, -0.2) is 28.3 Å². The number of methoxy groups -OCH3 is 2. The first-order chi connectivity index (χ1) is 6.19. The molecular weight excluding hydrogens is 166 g/mol. The first-order valence-electron chi connectivity index (χ1n) is 4.00. The topological polar surface area (TPSA) is 21.7 Å². The smallest absolute Gasteiger partial charge is 0.168 e. The Morgan fingerprint density at radius 1 is 1.23 bits per heavy atom. The third-order valence-electron chi connectivity index (χ3n) is 1.79. The number of anilines is 1. The van der Waals surface area contributed by atoms with Gasteiger partial charge in [-0.15, -0.1) is 0 Å². The Morgan fingerprint density at radius 3 is 2.38 bits per heavy atom. The third kappa shape index (κ3) is 2.05. The van der Waals surface area contributed by atoms with Crippen molar-refractivity contribution in [2.45, 2.75) is 0 Å². The molecule has 3 heteroatoms. The molecule has 0 aliphatic heterocycles. The molecule has 0 fully saturated rings. The van der Waals surface area contributed by atoms with Crippen LogP contribution in [0.4, 0.5) is 5.69 Å². The average molecular weight is 180 g/mol. The number of ether oxygens (including phenoxy) is 2. The molecule has 0 saturated carbocycles. The van der Waals surface area contributed by atoms with E-state index in [0.717, 1.165) is 5.69 Å². The van der Waals surface area contributed by atoms with Crippen molar-refractivity contribution >= 4 is 5.69 Å². The lowest BCUT2D eigenvalue weighted by Crippen LogP contribution is -2.08. The lowest BCUT2D eigenvalue weighted by Gasteiger charge is -2.14. The van der Waals surface area contributed by atoms with E-state index in [1.807, 2.05) is 31.1 Å². The van der Waals surface area contributed by atoms with Crippen molar-refractivity contribution in [3.8, 4) is 11.5 Å². The summed E-state index contributed by atoms with van der Waals surface area (Å²) in [5.74, 6) is 1.34. The van der Waals surface area contributed by atoms with Crippen molar-refractivity contribution in [3.05, 3.63) is 18.2 Å². The fourth-order valence-electron chi connectivity index (χ4n) is 1.02. The van der Waals surface area contributed by atoms with E-state index in [4.69, 9.17) is 9.47 Å². The van der Waals surface area contributed by atoms with Gasteiger partial charge in [0.15, 0.2) is 11.5 Å². The summed E-state index contributed by atoms with van der Waals surface area (Å²) in [7, 11) is 7.15. The normalized spacial score (nSPS) is 9.54. The number of rotatable bonds is 3. The van der Waals surface area contributed by atoms with Crippen LogP contribution in [0.5, 0.6) is 11.5 Å². The fraction of sp³-hybridized carbons (Fsp3) is 0.400. The molecule has 0 aromatic heterocycles. The predicted octanol–water partition coefficient (Wildman–Crippen LogP) is 1.57. The fourth-order valence-corrected chi connectivity index (χ4v) is 1.02. The monoisotopic (exact) mass is 180 g/mol. The van der Waals surface area contributed by atoms with Crippen LogP contribution in [-0.2, 0) is 0 Å². The van der Waals surface area contributed by atoms with Crippen molar-refractivity contribution in [3.63, 3.8) is 0 Å². The molecule has 13 heavy (non-hydrogen) atoms. The van der Waals surface area contributed by atoms with Gasteiger partial charge >= 0.3 is 0 Å². The maximum absolute atomic E-state index is 5.14. The van der Waals surface area contributed by atoms with Crippen LogP contribution in [0.1, 0.15) is 0 Å². The second-order valence-electron chi connectivity index (χ2n) is 2.85. The zero-order valence-electron chi connectivity index (χ0n) is 8.42. The quantitative estimate of drug-likeness (QED) is 0.704. The van der Waals surface area contributed by atoms with E-state index in [1.54, 1.807) is 14.2 Å². The summed E-state index contributed by atoms with van der Waals surface area (Å²) < 4.78 is 10.2. The van der Waals surface area contributed by atoms with E-state index in [0.29, 0.717) is 11.5 Å². The second-order valence-corrected chi connectivity index (χ2v) is 2.85. The minimum Gasteiger partial charge on any atom is -0.493 e. The molecule has 1 rings (SSSR count). The second kappa shape index (κ2) is 4.03. The van der Waals surface area contributed by atoms with Crippen LogP contribution in [0.3, 0.4) is 0 Å². The van der Waals surface area contributed by atoms with Crippen LogP contribution in [0.15, 0.2) is 12.1 Å². The first kappa shape index (κ1) is 9.71. The van der Waals surface area contributed by atoms with E-state index in [-0.39, 0.29) is 0 Å². The summed E-state index contributed by atoms with van der Waals surface area (Å²) >= 11 is 0. The molecule has 1 aromatic rings. The highest BCUT2D eigenvalue weighted by atomic mass is 16.5. The van der Waals surface area contributed by atoms with E-state index in [9.17, 15) is 0 Å². The molecule has 0 aliphatic rings. The summed E-state index contributed by atoms with van der Waals surface area (Å²) in [6, 6.07) is 6.77. The Bertz CT molecular complexity index is 284. The molecule has 0 N–H and O–H groups in total. The van der Waals surface area contributed by atoms with Gasteiger partial charge in [0, 0.05) is 31.9 Å². The zero-order chi connectivity index (χ0) is 9.84. The Morgan fingerprint density at radius 2 is 1.92 bits per heavy atom. The van der Waals surface area contributed by atoms with Crippen LogP contribution >= 0.6 is 0 Å². The van der Waals surface area contributed by atoms with Gasteiger partial charge in [0.1, 0.15) is 0 Å². The van der Waals surface area contributed by atoms with Crippen LogP contribution in [0, 0.1) is 6.07 Å². The van der Waals surface area contributed by atoms with Crippen LogP contribution in [0.2, 0.25) is 0 Å². The summed E-state index contributed by atoms with van der Waals surface area (Å²) in [5.41, 5.74) is 1.04. The zero-order valence-corrected chi connectivity index (χ0v) is 8.42. The van der Waals surface area contributed by atoms with Crippen molar-refractivity contribution in [1.82, 2.24) is 0 Å². The van der Waals surface area contributed by atoms with Gasteiger partial charge in [-0.3, -0.25) is 0 Å². The summed E-state index contributed by atoms with van der Waals surface area (Å²) in [6.45, 7) is 0. The van der Waals surface area contributed by atoms with Gasteiger partial charge in [-0.05, 0) is 6.07 Å². The molecule has 0 saturated heterocycles. The Kier molecular flexibility index (Phi) is 3.01. The maximum Gasteiger partial charge on any atom is 0.168 e. The molecule has 0 bridgehead atoms. The lowest BCUT2D eigenvalue weighted by atomic mass is 10.2. The van der Waals surface area contributed by atoms with Crippen LogP contribution < -0.4 is 14.4 Å². The number of nitrogens with zero attached hydrogens (tertiary/aromatic N) is 1. The molecular formula is C10H14NO2. The van der Waals surface area contributed by atoms with Crippen LogP contribution in [0.25, 0.3) is 0 Å². The van der Waals surface area contributed by atoms with E-state index >= 15 is 0 Å². The largest absolute Gasteiger partial charge is 0.493 e. The minimum atomic E-state index is 0.633. The van der Waals surface area contributed by atoms with E-state index < -0.39 is 0 Å². The Balaban J connectivity index is 3.05. The Labute approximate surface area is 78.9 Å². The molecule has 0 amide bonds. The van der Waals surface area contributed by atoms with Gasteiger partial charge in [0.25, 0.3) is 0 Å². The molecule has 0 aliphatic carbocycles. The van der Waals surface area contributed by atoms with Gasteiger partial charge in [0.05, 0.1) is 14.2 Å². The first-order valence-corrected chi connectivity index (χ1v) is 4.00. The highest BCUT2D eigenvalue weighted by molar-refractivity contribution is 5.54. The van der Waals surface area contributed by atoms with Crippen molar-refractivity contribution in [2.75, 3.05) is 33.2 Å². The number of hydrogen-bond acceptors (Lipinski definition) is 3. The number of hydrogen-bond donors (Lipinski definition) is 0. The third-order valence-corrected chi connectivity index (χ3v) is 1.79. The van der Waals surface area contributed by atoms with Gasteiger partial charge in [-0.1, -0.05) is 0 Å². The molecule has 1 radical (unpaired) electrons. The molecule has 0 unspecified atom stereocenters. The predicted molar refractivity (Wildman–Crippen MR) is 52.7 cm³/mol. The highest BCUT2D eigenvalue weighted by Crippen LogP contribution is 2.29. The average Bonchev–Trinajstić information content (AvgIpc) is 2.16. The van der Waals surface area contributed by atoms with Gasteiger partial charge in [0.2, 0.25) is 0 Å². The highest BCUT2D eigenvalue weighted by Gasteiger charge is 2.05. The summed E-state index contributed by atoms with van der Waals surface area (Å²) in [6.07, 6.45) is 0. The minimum absolute atomic E-state index is 0.633. The molecule has 0 spiro atoms. The molecule has 1 aromatic carbocycles. The molecule has 0 atom stereocenters. The van der Waals surface area contributed by atoms with E-state index in [1.165, 1.54) is 0 Å². The van der Waals surface area contributed by atoms with Crippen molar-refractivity contribution in [2.24, 2.45) is 0 Å². The molecule has 71 valence electrons. The van der Waals surface area contributed by atoms with Gasteiger partial charge in [-0.2, -0.15) is 0 Å². The molecule has 3 nitrogen and oxygen atoms in total. The van der Waals surface area contributed by atoms with Crippen molar-refractivity contribution in [1.29, 1.82) is 0 Å². The summed E-state index contributed by atoms with van der Waals surface area (Å²) in [4.78, 5) is 1.98.